The van der Waals surface area contributed by atoms with Gasteiger partial charge in [-0.15, -0.1) is 0 Å². The van der Waals surface area contributed by atoms with Crippen molar-refractivity contribution in [3.8, 4) is 0 Å². The minimum atomic E-state index is -5.33. The van der Waals surface area contributed by atoms with E-state index in [9.17, 15) is 27.6 Å². The zero-order valence-corrected chi connectivity index (χ0v) is 16.3. The predicted molar refractivity (Wildman–Crippen MR) is 96.3 cm³/mol. The molecule has 5 N–H and O–H groups in total. The fourth-order valence-corrected chi connectivity index (χ4v) is 2.86. The average Bonchev–Trinajstić information content (AvgIpc) is 2.59. The molecule has 0 bridgehead atoms. The summed E-state index contributed by atoms with van der Waals surface area (Å²) in [5, 5.41) is 2.64. The van der Waals surface area contributed by atoms with Crippen molar-refractivity contribution >= 4 is 23.8 Å². The number of aliphatic imine (C=N–C) groups is 1. The number of halogens is 3. The van der Waals surface area contributed by atoms with Crippen LogP contribution in [0.1, 0.15) is 40.0 Å². The van der Waals surface area contributed by atoms with Gasteiger partial charge in [-0.2, -0.15) is 13.2 Å². The van der Waals surface area contributed by atoms with Crippen LogP contribution >= 0.6 is 0 Å². The Morgan fingerprint density at radius 1 is 1.28 bits per heavy atom. The number of amides is 1. The Balaban J connectivity index is 3.26. The van der Waals surface area contributed by atoms with Gasteiger partial charge in [-0.3, -0.25) is 4.79 Å². The quantitative estimate of drug-likeness (QED) is 0.236. The number of carbonyl (C=O) groups excluding carboxylic acids is 3. The second-order valence-electron chi connectivity index (χ2n) is 6.45. The molecule has 3 unspecified atom stereocenters. The molecule has 0 aromatic carbocycles. The van der Waals surface area contributed by atoms with Crippen LogP contribution in [0.25, 0.3) is 0 Å². The lowest BCUT2D eigenvalue weighted by Gasteiger charge is -2.37. The number of carbonyl (C=O) groups is 3. The molecular formula is C17H25F3N4O5. The van der Waals surface area contributed by atoms with Crippen LogP contribution in [0.4, 0.5) is 13.2 Å². The van der Waals surface area contributed by atoms with Gasteiger partial charge in [0, 0.05) is 18.9 Å². The number of guanidine groups is 1. The van der Waals surface area contributed by atoms with Crippen LogP contribution in [0, 0.1) is 0 Å². The van der Waals surface area contributed by atoms with E-state index in [-0.39, 0.29) is 24.1 Å². The summed E-state index contributed by atoms with van der Waals surface area (Å²) in [6.45, 7) is 4.99. The lowest BCUT2D eigenvalue weighted by atomic mass is 9.88. The van der Waals surface area contributed by atoms with Gasteiger partial charge in [-0.25, -0.2) is 14.6 Å². The number of nitrogens with one attached hydrogen (secondary N) is 1. The smallest absolute Gasteiger partial charge is 0.383 e. The molecular weight excluding hydrogens is 397 g/mol. The summed E-state index contributed by atoms with van der Waals surface area (Å²) in [5.74, 6) is -4.91. The largest absolute Gasteiger partial charge is 0.491 e. The third-order valence-corrected chi connectivity index (χ3v) is 4.19. The van der Waals surface area contributed by atoms with Gasteiger partial charge < -0.3 is 26.3 Å². The zero-order chi connectivity index (χ0) is 22.4. The van der Waals surface area contributed by atoms with Gasteiger partial charge in [0.05, 0.1) is 24.3 Å². The van der Waals surface area contributed by atoms with Crippen molar-refractivity contribution in [2.24, 2.45) is 16.5 Å². The van der Waals surface area contributed by atoms with Crippen LogP contribution in [0.5, 0.6) is 0 Å². The van der Waals surface area contributed by atoms with Gasteiger partial charge in [0.25, 0.3) is 0 Å². The number of nitrogens with two attached hydrogens (primary N) is 2. The van der Waals surface area contributed by atoms with Crippen molar-refractivity contribution in [1.29, 1.82) is 0 Å². The molecule has 29 heavy (non-hydrogen) atoms. The first kappa shape index (κ1) is 24.4. The lowest BCUT2D eigenvalue weighted by Crippen LogP contribution is -2.54. The molecule has 1 rings (SSSR count). The van der Waals surface area contributed by atoms with E-state index in [2.05, 4.69) is 15.0 Å². The number of hydrogen-bond acceptors (Lipinski definition) is 6. The Hall–Kier alpha value is -2.63. The van der Waals surface area contributed by atoms with Crippen LogP contribution < -0.4 is 16.8 Å². The minimum Gasteiger partial charge on any atom is -0.383 e. The molecule has 12 heteroatoms. The molecule has 0 heterocycles. The fourth-order valence-electron chi connectivity index (χ4n) is 2.86. The Labute approximate surface area is 165 Å². The number of rotatable bonds is 7. The fraction of sp³-hybridized carbons (Fsp3) is 0.647. The molecule has 1 amide bonds. The molecule has 1 aliphatic carbocycles. The summed E-state index contributed by atoms with van der Waals surface area (Å²) in [6, 6.07) is -1.80. The number of alkyl halides is 3. The average molecular weight is 422 g/mol. The third-order valence-electron chi connectivity index (χ3n) is 4.19. The van der Waals surface area contributed by atoms with Crippen LogP contribution in [0.3, 0.4) is 0 Å². The topological polar surface area (TPSA) is 146 Å². The molecule has 0 aliphatic heterocycles. The van der Waals surface area contributed by atoms with E-state index in [1.54, 1.807) is 0 Å². The monoisotopic (exact) mass is 422 g/mol. The van der Waals surface area contributed by atoms with Gasteiger partial charge in [0.15, 0.2) is 5.96 Å². The van der Waals surface area contributed by atoms with E-state index >= 15 is 0 Å². The van der Waals surface area contributed by atoms with E-state index < -0.39 is 42.2 Å². The third kappa shape index (κ3) is 7.37. The standard InChI is InChI=1S/C17H25F3N4O5/c1-4-10(5-2)28-12-7-9(14(26)29-15(27)17(18,19)20)6-11(24-16(21)22)13(12)23-8(3)25/h6,10-13H,4-5,7H2,1-3H3,(H,23,25)(H4,21,22,24). The Bertz CT molecular complexity index is 685. The maximum Gasteiger partial charge on any atom is 0.491 e. The summed E-state index contributed by atoms with van der Waals surface area (Å²) in [7, 11) is 0. The molecule has 0 spiro atoms. The van der Waals surface area contributed by atoms with Gasteiger partial charge in [0.1, 0.15) is 0 Å². The highest BCUT2D eigenvalue weighted by Gasteiger charge is 2.44. The first-order chi connectivity index (χ1) is 13.4. The molecule has 0 radical (unpaired) electrons. The normalized spacial score (nSPS) is 21.9. The van der Waals surface area contributed by atoms with Gasteiger partial charge in [-0.1, -0.05) is 13.8 Å². The maximum absolute atomic E-state index is 12.4. The number of esters is 2. The molecule has 0 aromatic heterocycles. The van der Waals surface area contributed by atoms with E-state index in [1.807, 2.05) is 13.8 Å². The Kier molecular flexibility index (Phi) is 8.61. The van der Waals surface area contributed by atoms with Crippen LogP contribution in [0.15, 0.2) is 16.6 Å². The highest BCUT2D eigenvalue weighted by Crippen LogP contribution is 2.28. The lowest BCUT2D eigenvalue weighted by molar-refractivity contribution is -0.200. The zero-order valence-electron chi connectivity index (χ0n) is 16.3. The SMILES string of the molecule is CCC(CC)OC1CC(C(=O)OC(=O)C(F)(F)F)=CC(N=C(N)N)C1NC(C)=O. The van der Waals surface area contributed by atoms with Crippen LogP contribution in [0.2, 0.25) is 0 Å². The molecule has 3 atom stereocenters. The minimum absolute atomic E-state index is 0.206. The number of nitrogens with zero attached hydrogens (tertiary/aromatic N) is 1. The number of ether oxygens (including phenoxy) is 2. The van der Waals surface area contributed by atoms with Crippen LogP contribution in [-0.4, -0.2) is 54.3 Å². The first-order valence-electron chi connectivity index (χ1n) is 8.94. The molecule has 164 valence electrons. The Morgan fingerprint density at radius 2 is 1.86 bits per heavy atom. The molecule has 0 saturated carbocycles. The first-order valence-corrected chi connectivity index (χ1v) is 8.94. The number of hydrogen-bond donors (Lipinski definition) is 3. The van der Waals surface area contributed by atoms with E-state index in [0.29, 0.717) is 12.8 Å². The molecule has 1 aliphatic rings. The summed E-state index contributed by atoms with van der Waals surface area (Å²) in [6.07, 6.45) is -4.24. The highest BCUT2D eigenvalue weighted by molar-refractivity contribution is 5.98. The van der Waals surface area contributed by atoms with Crippen molar-refractivity contribution in [2.75, 3.05) is 0 Å². The highest BCUT2D eigenvalue weighted by atomic mass is 19.4. The second kappa shape index (κ2) is 10.2. The summed E-state index contributed by atoms with van der Waals surface area (Å²) in [4.78, 5) is 38.7. The van der Waals surface area contributed by atoms with Gasteiger partial charge >= 0.3 is 18.1 Å². The molecule has 9 nitrogen and oxygen atoms in total. The molecule has 0 saturated heterocycles. The second-order valence-corrected chi connectivity index (χ2v) is 6.45. The molecule has 0 aromatic rings. The van der Waals surface area contributed by atoms with Gasteiger partial charge in [0.2, 0.25) is 5.91 Å². The van der Waals surface area contributed by atoms with E-state index in [1.165, 1.54) is 6.92 Å². The van der Waals surface area contributed by atoms with Crippen molar-refractivity contribution in [1.82, 2.24) is 5.32 Å². The molecule has 0 fully saturated rings. The summed E-state index contributed by atoms with van der Waals surface area (Å²) in [5.41, 5.74) is 10.5. The van der Waals surface area contributed by atoms with E-state index in [4.69, 9.17) is 16.2 Å². The van der Waals surface area contributed by atoms with Crippen molar-refractivity contribution in [3.05, 3.63) is 11.6 Å². The summed E-state index contributed by atoms with van der Waals surface area (Å²) >= 11 is 0. The van der Waals surface area contributed by atoms with Crippen molar-refractivity contribution in [2.45, 2.75) is 70.5 Å². The summed E-state index contributed by atoms with van der Waals surface area (Å²) < 4.78 is 47.0. The Morgan fingerprint density at radius 3 is 2.31 bits per heavy atom. The predicted octanol–water partition coefficient (Wildman–Crippen LogP) is 0.669. The maximum atomic E-state index is 12.4. The van der Waals surface area contributed by atoms with Crippen molar-refractivity contribution < 1.29 is 37.0 Å². The van der Waals surface area contributed by atoms with Gasteiger partial charge in [-0.05, 0) is 18.9 Å². The van der Waals surface area contributed by atoms with E-state index in [0.717, 1.165) is 6.08 Å². The van der Waals surface area contributed by atoms with Crippen molar-refractivity contribution in [3.63, 3.8) is 0 Å². The van der Waals surface area contributed by atoms with Crippen LogP contribution in [-0.2, 0) is 23.9 Å².